The molecule has 1 atom stereocenters. The minimum Gasteiger partial charge on any atom is -0.494 e. The van der Waals surface area contributed by atoms with Gasteiger partial charge in [-0.15, -0.1) is 0 Å². The molecule has 116 valence electrons. The van der Waals surface area contributed by atoms with Crippen LogP contribution in [0.3, 0.4) is 0 Å². The van der Waals surface area contributed by atoms with Gasteiger partial charge in [0, 0.05) is 0 Å². The van der Waals surface area contributed by atoms with Crippen LogP contribution in [0.5, 0.6) is 5.75 Å². The molecule has 0 saturated heterocycles. The zero-order valence-electron chi connectivity index (χ0n) is 13.2. The summed E-state index contributed by atoms with van der Waals surface area (Å²) in [6.07, 6.45) is 0.0426. The van der Waals surface area contributed by atoms with Crippen molar-refractivity contribution >= 4 is 12.4 Å². The van der Waals surface area contributed by atoms with Crippen molar-refractivity contribution in [3.05, 3.63) is 29.8 Å². The lowest BCUT2D eigenvalue weighted by Gasteiger charge is -2.28. The van der Waals surface area contributed by atoms with E-state index in [1.54, 1.807) is 52.0 Å². The fraction of sp³-hybridized carbons (Fsp3) is 0.500. The second-order valence-corrected chi connectivity index (χ2v) is 5.91. The Bertz CT molecular complexity index is 507. The standard InChI is InChI=1S/C16H23NO4/c1-6-20-13-9-7-8-12(10-13)16(5,11-18)17-14(19)21-15(2,3)4/h7-11H,6H2,1-5H3,(H,17,19). The molecule has 0 aromatic heterocycles. The third kappa shape index (κ3) is 5.10. The lowest BCUT2D eigenvalue weighted by molar-refractivity contribution is -0.113. The molecule has 1 unspecified atom stereocenters. The van der Waals surface area contributed by atoms with Gasteiger partial charge in [-0.05, 0) is 52.3 Å². The highest BCUT2D eigenvalue weighted by Gasteiger charge is 2.30. The number of carbonyl (C=O) groups is 2. The van der Waals surface area contributed by atoms with E-state index in [1.807, 2.05) is 6.92 Å². The van der Waals surface area contributed by atoms with Crippen molar-refractivity contribution in [1.82, 2.24) is 5.32 Å². The number of nitrogens with one attached hydrogen (secondary N) is 1. The molecule has 0 bridgehead atoms. The molecule has 0 aliphatic carbocycles. The Morgan fingerprint density at radius 1 is 1.29 bits per heavy atom. The van der Waals surface area contributed by atoms with Gasteiger partial charge in [0.2, 0.25) is 0 Å². The molecule has 0 spiro atoms. The maximum absolute atomic E-state index is 11.9. The van der Waals surface area contributed by atoms with Crippen molar-refractivity contribution in [3.63, 3.8) is 0 Å². The molecule has 1 aromatic carbocycles. The quantitative estimate of drug-likeness (QED) is 0.848. The molecule has 0 aliphatic rings. The number of aldehydes is 1. The van der Waals surface area contributed by atoms with Gasteiger partial charge >= 0.3 is 6.09 Å². The predicted molar refractivity (Wildman–Crippen MR) is 80.4 cm³/mol. The van der Waals surface area contributed by atoms with Gasteiger partial charge in [0.15, 0.2) is 0 Å². The molecular weight excluding hydrogens is 270 g/mol. The summed E-state index contributed by atoms with van der Waals surface area (Å²) >= 11 is 0. The van der Waals surface area contributed by atoms with Crippen molar-refractivity contribution in [3.8, 4) is 5.75 Å². The molecule has 1 N–H and O–H groups in total. The summed E-state index contributed by atoms with van der Waals surface area (Å²) in [6.45, 7) is 9.32. The highest BCUT2D eigenvalue weighted by Crippen LogP contribution is 2.23. The van der Waals surface area contributed by atoms with E-state index in [1.165, 1.54) is 0 Å². The van der Waals surface area contributed by atoms with Crippen molar-refractivity contribution in [1.29, 1.82) is 0 Å². The van der Waals surface area contributed by atoms with Crippen LogP contribution in [0.25, 0.3) is 0 Å². The summed E-state index contributed by atoms with van der Waals surface area (Å²) in [5, 5.41) is 2.60. The largest absolute Gasteiger partial charge is 0.494 e. The first-order valence-electron chi connectivity index (χ1n) is 6.91. The topological polar surface area (TPSA) is 64.6 Å². The highest BCUT2D eigenvalue weighted by molar-refractivity contribution is 5.78. The number of benzene rings is 1. The second kappa shape index (κ2) is 6.61. The summed E-state index contributed by atoms with van der Waals surface area (Å²) in [7, 11) is 0. The predicted octanol–water partition coefficient (Wildman–Crippen LogP) is 3.02. The first-order chi connectivity index (χ1) is 9.70. The van der Waals surface area contributed by atoms with Crippen LogP contribution in [0.1, 0.15) is 40.2 Å². The average Bonchev–Trinajstić information content (AvgIpc) is 2.37. The van der Waals surface area contributed by atoms with Crippen LogP contribution in [0.2, 0.25) is 0 Å². The van der Waals surface area contributed by atoms with Gasteiger partial charge in [-0.2, -0.15) is 0 Å². The first-order valence-corrected chi connectivity index (χ1v) is 6.91. The van der Waals surface area contributed by atoms with Gasteiger partial charge < -0.3 is 19.6 Å². The zero-order chi connectivity index (χ0) is 16.1. The van der Waals surface area contributed by atoms with Crippen LogP contribution in [-0.4, -0.2) is 24.6 Å². The Hall–Kier alpha value is -2.04. The van der Waals surface area contributed by atoms with Gasteiger partial charge in [0.25, 0.3) is 0 Å². The van der Waals surface area contributed by atoms with E-state index in [0.29, 0.717) is 24.2 Å². The van der Waals surface area contributed by atoms with E-state index < -0.39 is 17.2 Å². The van der Waals surface area contributed by atoms with Gasteiger partial charge in [-0.1, -0.05) is 12.1 Å². The van der Waals surface area contributed by atoms with Crippen molar-refractivity contribution in [2.24, 2.45) is 0 Å². The number of hydrogen-bond donors (Lipinski definition) is 1. The van der Waals surface area contributed by atoms with Gasteiger partial charge in [0.05, 0.1) is 6.61 Å². The van der Waals surface area contributed by atoms with E-state index in [9.17, 15) is 9.59 Å². The van der Waals surface area contributed by atoms with E-state index in [-0.39, 0.29) is 0 Å². The van der Waals surface area contributed by atoms with Gasteiger partial charge in [-0.3, -0.25) is 0 Å². The lowest BCUT2D eigenvalue weighted by atomic mass is 9.93. The monoisotopic (exact) mass is 293 g/mol. The number of amides is 1. The van der Waals surface area contributed by atoms with Gasteiger partial charge in [0.1, 0.15) is 23.2 Å². The minimum atomic E-state index is -1.17. The number of carbonyl (C=O) groups excluding carboxylic acids is 2. The minimum absolute atomic E-state index is 0.529. The first kappa shape index (κ1) is 17.0. The van der Waals surface area contributed by atoms with Gasteiger partial charge in [-0.25, -0.2) is 4.79 Å². The molecule has 0 fully saturated rings. The highest BCUT2D eigenvalue weighted by atomic mass is 16.6. The Morgan fingerprint density at radius 2 is 1.95 bits per heavy atom. The third-order valence-electron chi connectivity index (χ3n) is 2.74. The summed E-state index contributed by atoms with van der Waals surface area (Å²) in [5.41, 5.74) is -1.16. The van der Waals surface area contributed by atoms with E-state index in [4.69, 9.17) is 9.47 Å². The Labute approximate surface area is 125 Å². The fourth-order valence-corrected chi connectivity index (χ4v) is 1.76. The summed E-state index contributed by atoms with van der Waals surface area (Å²) < 4.78 is 10.6. The molecule has 1 aromatic rings. The molecule has 21 heavy (non-hydrogen) atoms. The average molecular weight is 293 g/mol. The number of ether oxygens (including phenoxy) is 2. The SMILES string of the molecule is CCOc1cccc(C(C)(C=O)NC(=O)OC(C)(C)C)c1. The van der Waals surface area contributed by atoms with Crippen molar-refractivity contribution in [2.45, 2.75) is 45.8 Å². The van der Waals surface area contributed by atoms with Crippen LogP contribution >= 0.6 is 0 Å². The Kier molecular flexibility index (Phi) is 5.35. The van der Waals surface area contributed by atoms with Crippen LogP contribution in [0.4, 0.5) is 4.79 Å². The summed E-state index contributed by atoms with van der Waals surface area (Å²) in [6, 6.07) is 7.06. The molecule has 0 saturated carbocycles. The van der Waals surface area contributed by atoms with E-state index in [0.717, 1.165) is 0 Å². The molecule has 1 amide bonds. The Balaban J connectivity index is 2.96. The molecule has 0 radical (unpaired) electrons. The fourth-order valence-electron chi connectivity index (χ4n) is 1.76. The molecule has 1 rings (SSSR count). The van der Waals surface area contributed by atoms with Crippen LogP contribution in [-0.2, 0) is 15.1 Å². The second-order valence-electron chi connectivity index (χ2n) is 5.91. The maximum Gasteiger partial charge on any atom is 0.408 e. The van der Waals surface area contributed by atoms with Crippen LogP contribution < -0.4 is 10.1 Å². The molecule has 5 heteroatoms. The van der Waals surface area contributed by atoms with Crippen LogP contribution in [0.15, 0.2) is 24.3 Å². The smallest absolute Gasteiger partial charge is 0.408 e. The summed E-state index contributed by atoms with van der Waals surface area (Å²) in [4.78, 5) is 23.4. The zero-order valence-corrected chi connectivity index (χ0v) is 13.2. The maximum atomic E-state index is 11.9. The number of hydrogen-bond acceptors (Lipinski definition) is 4. The Morgan fingerprint density at radius 3 is 2.48 bits per heavy atom. The normalized spacial score (nSPS) is 14.0. The van der Waals surface area contributed by atoms with Crippen LogP contribution in [0, 0.1) is 0 Å². The lowest BCUT2D eigenvalue weighted by Crippen LogP contribution is -2.46. The molecule has 0 aliphatic heterocycles. The van der Waals surface area contributed by atoms with E-state index >= 15 is 0 Å². The molecular formula is C16H23NO4. The third-order valence-corrected chi connectivity index (χ3v) is 2.74. The van der Waals surface area contributed by atoms with E-state index in [2.05, 4.69) is 5.32 Å². The number of rotatable bonds is 5. The van der Waals surface area contributed by atoms with Crippen molar-refractivity contribution < 1.29 is 19.1 Å². The number of alkyl carbamates (subject to hydrolysis) is 1. The molecule has 5 nitrogen and oxygen atoms in total. The summed E-state index contributed by atoms with van der Waals surface area (Å²) in [5.74, 6) is 0.647. The van der Waals surface area contributed by atoms with Crippen molar-refractivity contribution in [2.75, 3.05) is 6.61 Å². The molecule has 0 heterocycles.